The molecule has 1 aromatic carbocycles. The molecule has 0 amide bonds. The first kappa shape index (κ1) is 16.1. The van der Waals surface area contributed by atoms with Crippen LogP contribution in [0.2, 0.25) is 0 Å². The molecule has 0 bridgehead atoms. The number of alkyl halides is 1. The molecule has 1 rings (SSSR count). The zero-order valence-corrected chi connectivity index (χ0v) is 12.8. The summed E-state index contributed by atoms with van der Waals surface area (Å²) in [6.07, 6.45) is 2.10. The Kier molecular flexibility index (Phi) is 6.45. The molecule has 0 N–H and O–H groups in total. The fourth-order valence-electron chi connectivity index (χ4n) is 1.39. The van der Waals surface area contributed by atoms with E-state index in [0.717, 1.165) is 12.0 Å². The first-order valence-corrected chi connectivity index (χ1v) is 8.68. The molecule has 6 heteroatoms. The van der Waals surface area contributed by atoms with Gasteiger partial charge >= 0.3 is 0 Å². The minimum atomic E-state index is -3.03. The predicted octanol–water partition coefficient (Wildman–Crippen LogP) is 2.64. The van der Waals surface area contributed by atoms with Crippen LogP contribution in [0.25, 0.3) is 0 Å². The van der Waals surface area contributed by atoms with Gasteiger partial charge in [-0.25, -0.2) is 8.42 Å². The van der Waals surface area contributed by atoms with Crippen molar-refractivity contribution in [2.45, 2.75) is 19.2 Å². The lowest BCUT2D eigenvalue weighted by molar-refractivity contribution is 0.308. The van der Waals surface area contributed by atoms with Crippen LogP contribution in [-0.4, -0.2) is 33.6 Å². The van der Waals surface area contributed by atoms with Crippen LogP contribution < -0.4 is 9.47 Å². The third-order valence-corrected chi connectivity index (χ3v) is 3.56. The molecule has 0 saturated heterocycles. The fourth-order valence-corrected chi connectivity index (χ4v) is 2.00. The molecule has 0 radical (unpaired) electrons. The van der Waals surface area contributed by atoms with Crippen molar-refractivity contribution >= 4 is 21.4 Å². The maximum Gasteiger partial charge on any atom is 0.150 e. The first-order chi connectivity index (χ1) is 8.96. The molecule has 0 heterocycles. The largest absolute Gasteiger partial charge is 0.493 e. The van der Waals surface area contributed by atoms with Gasteiger partial charge in [0.2, 0.25) is 0 Å². The van der Waals surface area contributed by atoms with E-state index in [1.165, 1.54) is 6.26 Å². The Morgan fingerprint density at radius 3 is 2.53 bits per heavy atom. The van der Waals surface area contributed by atoms with E-state index in [-0.39, 0.29) is 12.4 Å². The maximum atomic E-state index is 11.1. The van der Waals surface area contributed by atoms with E-state index in [4.69, 9.17) is 21.1 Å². The van der Waals surface area contributed by atoms with E-state index in [1.54, 1.807) is 6.07 Å². The van der Waals surface area contributed by atoms with Crippen LogP contribution in [0.15, 0.2) is 18.2 Å². The van der Waals surface area contributed by atoms with Gasteiger partial charge in [0.15, 0.2) is 9.84 Å². The summed E-state index contributed by atoms with van der Waals surface area (Å²) in [5.41, 5.74) is 0.819. The van der Waals surface area contributed by atoms with Crippen molar-refractivity contribution in [2.75, 3.05) is 25.2 Å². The van der Waals surface area contributed by atoms with Crippen LogP contribution in [0.3, 0.4) is 0 Å². The van der Waals surface area contributed by atoms with E-state index in [9.17, 15) is 8.42 Å². The van der Waals surface area contributed by atoms with Gasteiger partial charge in [-0.3, -0.25) is 0 Å². The summed E-state index contributed by atoms with van der Waals surface area (Å²) in [6, 6.07) is 5.40. The summed E-state index contributed by atoms with van der Waals surface area (Å²) in [5, 5.41) is 0. The molecule has 19 heavy (non-hydrogen) atoms. The Hall–Kier alpha value is -0.940. The molecule has 108 valence electrons. The molecule has 0 aliphatic rings. The number of sulfone groups is 1. The van der Waals surface area contributed by atoms with Gasteiger partial charge in [-0.2, -0.15) is 0 Å². The van der Waals surface area contributed by atoms with Gasteiger partial charge in [0, 0.05) is 17.9 Å². The van der Waals surface area contributed by atoms with Crippen LogP contribution >= 0.6 is 11.6 Å². The van der Waals surface area contributed by atoms with Crippen molar-refractivity contribution in [1.29, 1.82) is 0 Å². The quantitative estimate of drug-likeness (QED) is 0.693. The molecule has 0 atom stereocenters. The number of rotatable bonds is 8. The molecule has 0 fully saturated rings. The highest BCUT2D eigenvalue weighted by atomic mass is 35.5. The second-order valence-corrected chi connectivity index (χ2v) is 6.76. The molecule has 0 saturated carbocycles. The zero-order chi connectivity index (χ0) is 14.3. The predicted molar refractivity (Wildman–Crippen MR) is 77.0 cm³/mol. The normalized spacial score (nSPS) is 11.3. The molecule has 0 aromatic heterocycles. The first-order valence-electron chi connectivity index (χ1n) is 6.08. The Morgan fingerprint density at radius 1 is 1.21 bits per heavy atom. The summed E-state index contributed by atoms with van der Waals surface area (Å²) in [4.78, 5) is 0. The van der Waals surface area contributed by atoms with Crippen LogP contribution in [0, 0.1) is 0 Å². The van der Waals surface area contributed by atoms with Crippen molar-refractivity contribution in [2.24, 2.45) is 0 Å². The molecule has 4 nitrogen and oxygen atoms in total. The minimum absolute atomic E-state index is 0.0191. The number of hydrogen-bond acceptors (Lipinski definition) is 4. The van der Waals surface area contributed by atoms with Gasteiger partial charge in [0.25, 0.3) is 0 Å². The number of ether oxygens (including phenoxy) is 2. The summed E-state index contributed by atoms with van der Waals surface area (Å²) < 4.78 is 33.1. The lowest BCUT2D eigenvalue weighted by atomic mass is 10.2. The summed E-state index contributed by atoms with van der Waals surface area (Å²) in [5.74, 6) is 1.56. The van der Waals surface area contributed by atoms with Crippen molar-refractivity contribution in [3.05, 3.63) is 23.8 Å². The van der Waals surface area contributed by atoms with Gasteiger partial charge in [-0.15, -0.1) is 11.6 Å². The topological polar surface area (TPSA) is 52.6 Å². The standard InChI is InChI=1S/C13H19ClO4S/c1-3-6-17-12-5-4-11(10-14)13(9-12)18-7-8-19(2,15)16/h4-5,9H,3,6-8,10H2,1-2H3. The van der Waals surface area contributed by atoms with E-state index >= 15 is 0 Å². The second kappa shape index (κ2) is 7.60. The lowest BCUT2D eigenvalue weighted by Crippen LogP contribution is -2.12. The van der Waals surface area contributed by atoms with Gasteiger partial charge in [0.1, 0.15) is 18.1 Å². The minimum Gasteiger partial charge on any atom is -0.493 e. The molecule has 0 aliphatic heterocycles. The monoisotopic (exact) mass is 306 g/mol. The number of hydrogen-bond donors (Lipinski definition) is 0. The molecular weight excluding hydrogens is 288 g/mol. The van der Waals surface area contributed by atoms with E-state index in [0.29, 0.717) is 24.0 Å². The van der Waals surface area contributed by atoms with Gasteiger partial charge in [-0.05, 0) is 12.5 Å². The van der Waals surface area contributed by atoms with Crippen molar-refractivity contribution in [3.8, 4) is 11.5 Å². The highest BCUT2D eigenvalue weighted by Crippen LogP contribution is 2.26. The SMILES string of the molecule is CCCOc1ccc(CCl)c(OCCS(C)(=O)=O)c1. The van der Waals surface area contributed by atoms with Crippen molar-refractivity contribution < 1.29 is 17.9 Å². The van der Waals surface area contributed by atoms with Crippen LogP contribution in [0.1, 0.15) is 18.9 Å². The Bertz CT molecular complexity index is 499. The van der Waals surface area contributed by atoms with Crippen LogP contribution in [0.5, 0.6) is 11.5 Å². The smallest absolute Gasteiger partial charge is 0.150 e. The third-order valence-electron chi connectivity index (χ3n) is 2.37. The summed E-state index contributed by atoms with van der Waals surface area (Å²) >= 11 is 5.82. The second-order valence-electron chi connectivity index (χ2n) is 4.23. The molecule has 0 aliphatic carbocycles. The number of benzene rings is 1. The van der Waals surface area contributed by atoms with Crippen molar-refractivity contribution in [1.82, 2.24) is 0 Å². The lowest BCUT2D eigenvalue weighted by Gasteiger charge is -2.12. The molecule has 0 spiro atoms. The van der Waals surface area contributed by atoms with Gasteiger partial charge < -0.3 is 9.47 Å². The fraction of sp³-hybridized carbons (Fsp3) is 0.538. The molecular formula is C13H19ClO4S. The van der Waals surface area contributed by atoms with E-state index in [1.807, 2.05) is 19.1 Å². The maximum absolute atomic E-state index is 11.1. The number of halogens is 1. The Morgan fingerprint density at radius 2 is 1.95 bits per heavy atom. The van der Waals surface area contributed by atoms with Crippen LogP contribution in [-0.2, 0) is 15.7 Å². The van der Waals surface area contributed by atoms with Crippen molar-refractivity contribution in [3.63, 3.8) is 0 Å². The van der Waals surface area contributed by atoms with Gasteiger partial charge in [-0.1, -0.05) is 13.0 Å². The van der Waals surface area contributed by atoms with E-state index in [2.05, 4.69) is 0 Å². The highest BCUT2D eigenvalue weighted by Gasteiger charge is 2.08. The molecule has 0 unspecified atom stereocenters. The summed E-state index contributed by atoms with van der Waals surface area (Å²) in [6.45, 7) is 2.76. The Balaban J connectivity index is 2.72. The average molecular weight is 307 g/mol. The Labute approximate surface area is 119 Å². The average Bonchev–Trinajstić information content (AvgIpc) is 2.35. The van der Waals surface area contributed by atoms with Crippen LogP contribution in [0.4, 0.5) is 0 Å². The third kappa shape index (κ3) is 6.16. The summed E-state index contributed by atoms with van der Waals surface area (Å²) in [7, 11) is -3.03. The molecule has 1 aromatic rings. The highest BCUT2D eigenvalue weighted by molar-refractivity contribution is 7.90. The zero-order valence-electron chi connectivity index (χ0n) is 11.2. The van der Waals surface area contributed by atoms with E-state index < -0.39 is 9.84 Å². The van der Waals surface area contributed by atoms with Gasteiger partial charge in [0.05, 0.1) is 18.2 Å².